The molecule has 1 aromatic carbocycles. The molecule has 7 nitrogen and oxygen atoms in total. The number of aliphatic hydroxyl groups excluding tert-OH is 2. The van der Waals surface area contributed by atoms with E-state index < -0.39 is 12.2 Å². The number of nitrogens with zero attached hydrogens (tertiary/aromatic N) is 2. The topological polar surface area (TPSA) is 106 Å². The number of allylic oxidation sites excluding steroid dienone is 3. The smallest absolute Gasteiger partial charge is 0.303 e. The summed E-state index contributed by atoms with van der Waals surface area (Å²) in [5, 5.41) is 27.4. The summed E-state index contributed by atoms with van der Waals surface area (Å²) < 4.78 is 25.8. The highest BCUT2D eigenvalue weighted by Crippen LogP contribution is 2.74. The Morgan fingerprint density at radius 1 is 1.07 bits per heavy atom. The van der Waals surface area contributed by atoms with Gasteiger partial charge in [-0.25, -0.2) is 4.39 Å². The molecule has 4 aliphatic carbocycles. The van der Waals surface area contributed by atoms with E-state index in [2.05, 4.69) is 52.8 Å². The molecule has 10 atom stereocenters. The van der Waals surface area contributed by atoms with Crippen LogP contribution in [0, 0.1) is 45.7 Å². The minimum atomic E-state index is -0.541. The lowest BCUT2D eigenvalue weighted by Gasteiger charge is -2.69. The number of carbonyl (C=O) groups is 1. The molecular formula is C38H51FN2O5. The second-order valence-corrected chi connectivity index (χ2v) is 15.8. The van der Waals surface area contributed by atoms with Gasteiger partial charge in [-0.05, 0) is 135 Å². The molecule has 6 rings (SSSR count). The molecule has 4 saturated carbocycles. The molecule has 1 heterocycles. The Hall–Kier alpha value is -2.84. The van der Waals surface area contributed by atoms with Gasteiger partial charge in [0.25, 0.3) is 5.89 Å². The van der Waals surface area contributed by atoms with Gasteiger partial charge in [0.2, 0.25) is 5.82 Å². The van der Waals surface area contributed by atoms with Crippen molar-refractivity contribution < 1.29 is 28.7 Å². The molecule has 0 aliphatic heterocycles. The monoisotopic (exact) mass is 634 g/mol. The number of hydrogen-bond donors (Lipinski definition) is 2. The normalized spacial score (nSPS) is 39.6. The average molecular weight is 635 g/mol. The highest BCUT2D eigenvalue weighted by molar-refractivity contribution is 5.70. The van der Waals surface area contributed by atoms with Crippen molar-refractivity contribution in [3.8, 4) is 11.4 Å². The lowest BCUT2D eigenvalue weighted by molar-refractivity contribution is -0.234. The van der Waals surface area contributed by atoms with E-state index in [-0.39, 0.29) is 51.9 Å². The number of benzene rings is 1. The molecule has 0 radical (unpaired) electrons. The van der Waals surface area contributed by atoms with Crippen molar-refractivity contribution in [2.45, 2.75) is 118 Å². The molecule has 0 spiro atoms. The Morgan fingerprint density at radius 3 is 2.46 bits per heavy atom. The number of ether oxygens (including phenoxy) is 1. The van der Waals surface area contributed by atoms with Gasteiger partial charge >= 0.3 is 5.97 Å². The zero-order chi connectivity index (χ0) is 33.2. The largest absolute Gasteiger partial charge is 0.458 e. The molecule has 8 heteroatoms. The van der Waals surface area contributed by atoms with Gasteiger partial charge in [-0.1, -0.05) is 44.5 Å². The van der Waals surface area contributed by atoms with Crippen molar-refractivity contribution in [1.29, 1.82) is 0 Å². The fraction of sp³-hybridized carbons (Fsp3) is 0.658. The first-order valence-electron chi connectivity index (χ1n) is 17.2. The van der Waals surface area contributed by atoms with Gasteiger partial charge < -0.3 is 19.5 Å². The quantitative estimate of drug-likeness (QED) is 0.246. The van der Waals surface area contributed by atoms with Gasteiger partial charge in [-0.15, -0.1) is 0 Å². The van der Waals surface area contributed by atoms with Crippen molar-refractivity contribution in [1.82, 2.24) is 10.1 Å². The van der Waals surface area contributed by atoms with Gasteiger partial charge in [0.15, 0.2) is 0 Å². The summed E-state index contributed by atoms with van der Waals surface area (Å²) >= 11 is 0. The number of fused-ring (bicyclic) bond motifs is 5. The van der Waals surface area contributed by atoms with Crippen LogP contribution in [0.4, 0.5) is 4.39 Å². The summed E-state index contributed by atoms with van der Waals surface area (Å²) in [6.45, 7) is 14.9. The lowest BCUT2D eigenvalue weighted by atomic mass is 9.36. The third-order valence-corrected chi connectivity index (χ3v) is 13.1. The molecule has 0 unspecified atom stereocenters. The van der Waals surface area contributed by atoms with Gasteiger partial charge in [0, 0.05) is 18.1 Å². The minimum Gasteiger partial charge on any atom is -0.458 e. The maximum atomic E-state index is 13.7. The van der Waals surface area contributed by atoms with Crippen LogP contribution in [-0.2, 0) is 9.53 Å². The predicted molar refractivity (Wildman–Crippen MR) is 175 cm³/mol. The number of rotatable bonds is 6. The maximum absolute atomic E-state index is 13.7. The average Bonchev–Trinajstić information content (AvgIpc) is 3.57. The molecule has 2 N–H and O–H groups in total. The lowest BCUT2D eigenvalue weighted by Crippen LogP contribution is -2.65. The molecule has 0 amide bonds. The standard InChI is InChI=1S/C38H51FN2O5/c1-21(2)9-8-10-26(35-40-34(41-46-35)24-11-13-25(39)14-12-24)32-28-19-30(44)33-36(5)17-16-29(43)22(3)27(36)15-18-37(33,6)38(28,7)20-31(32)45-23(4)42/h9,11-14,22,27-31,33,43-44H,8,10,15-20H2,1-7H3/b32-26-/t22-,27-,28-,29+,30+,31-,33-,36-,37-,38-/m0/s1. The van der Waals surface area contributed by atoms with Crippen LogP contribution in [0.3, 0.4) is 0 Å². The number of halogens is 1. The fourth-order valence-electron chi connectivity index (χ4n) is 10.9. The maximum Gasteiger partial charge on any atom is 0.303 e. The summed E-state index contributed by atoms with van der Waals surface area (Å²) in [5.41, 5.74) is 3.15. The third-order valence-electron chi connectivity index (χ3n) is 13.1. The second kappa shape index (κ2) is 12.0. The van der Waals surface area contributed by atoms with E-state index in [0.29, 0.717) is 42.5 Å². The van der Waals surface area contributed by atoms with E-state index in [0.717, 1.165) is 43.3 Å². The Kier molecular flexibility index (Phi) is 8.63. The van der Waals surface area contributed by atoms with E-state index in [1.807, 2.05) is 0 Å². The predicted octanol–water partition coefficient (Wildman–Crippen LogP) is 7.93. The molecule has 46 heavy (non-hydrogen) atoms. The number of aliphatic hydroxyl groups is 2. The Labute approximate surface area is 272 Å². The molecule has 2 aromatic rings. The van der Waals surface area contributed by atoms with Crippen LogP contribution in [0.25, 0.3) is 17.0 Å². The van der Waals surface area contributed by atoms with Gasteiger partial charge in [0.05, 0.1) is 12.2 Å². The zero-order valence-corrected chi connectivity index (χ0v) is 28.5. The van der Waals surface area contributed by atoms with Crippen LogP contribution >= 0.6 is 0 Å². The highest BCUT2D eigenvalue weighted by Gasteiger charge is 2.70. The van der Waals surface area contributed by atoms with Crippen LogP contribution in [-0.4, -0.2) is 44.6 Å². The van der Waals surface area contributed by atoms with Crippen molar-refractivity contribution in [2.75, 3.05) is 0 Å². The summed E-state index contributed by atoms with van der Waals surface area (Å²) in [4.78, 5) is 17.5. The molecule has 4 fully saturated rings. The number of esters is 1. The number of carbonyl (C=O) groups excluding carboxylic acids is 1. The Bertz CT molecular complexity index is 1530. The SMILES string of the molecule is CC(=O)O[C@H]1C[C@@]2(C)[C@@H](C[C@@H](O)[C@H]3[C@@]4(C)CC[C@@H](O)[C@@H](C)[C@@H]4CC[C@@]32C)/C1=C(\CCC=C(C)C)c1nc(-c2ccc(F)cc2)no1. The Balaban J connectivity index is 1.48. The van der Waals surface area contributed by atoms with Crippen molar-refractivity contribution in [3.05, 3.63) is 53.2 Å². The van der Waals surface area contributed by atoms with E-state index in [1.54, 1.807) is 12.1 Å². The van der Waals surface area contributed by atoms with Crippen LogP contribution in [0.1, 0.15) is 106 Å². The minimum absolute atomic E-state index is 0.0530. The highest BCUT2D eigenvalue weighted by atomic mass is 19.1. The van der Waals surface area contributed by atoms with E-state index in [9.17, 15) is 19.4 Å². The first-order valence-corrected chi connectivity index (χ1v) is 17.2. The molecule has 4 aliphatic rings. The van der Waals surface area contributed by atoms with Crippen LogP contribution < -0.4 is 0 Å². The van der Waals surface area contributed by atoms with Crippen LogP contribution in [0.5, 0.6) is 0 Å². The van der Waals surface area contributed by atoms with E-state index in [1.165, 1.54) is 24.6 Å². The van der Waals surface area contributed by atoms with Gasteiger partial charge in [-0.2, -0.15) is 4.98 Å². The van der Waals surface area contributed by atoms with Crippen molar-refractivity contribution in [2.24, 2.45) is 39.9 Å². The molecular weight excluding hydrogens is 583 g/mol. The summed E-state index contributed by atoms with van der Waals surface area (Å²) in [6, 6.07) is 6.02. The second-order valence-electron chi connectivity index (χ2n) is 15.8. The molecule has 0 bridgehead atoms. The van der Waals surface area contributed by atoms with Gasteiger partial charge in [0.1, 0.15) is 11.9 Å². The Morgan fingerprint density at radius 2 is 1.78 bits per heavy atom. The van der Waals surface area contributed by atoms with Crippen LogP contribution in [0.2, 0.25) is 0 Å². The number of hydrogen-bond acceptors (Lipinski definition) is 7. The summed E-state index contributed by atoms with van der Waals surface area (Å²) in [7, 11) is 0. The van der Waals surface area contributed by atoms with E-state index in [4.69, 9.17) is 14.2 Å². The fourth-order valence-corrected chi connectivity index (χ4v) is 10.9. The van der Waals surface area contributed by atoms with Crippen molar-refractivity contribution in [3.63, 3.8) is 0 Å². The first-order chi connectivity index (χ1) is 21.7. The molecule has 0 saturated heterocycles. The van der Waals surface area contributed by atoms with Gasteiger partial charge in [-0.3, -0.25) is 4.79 Å². The summed E-state index contributed by atoms with van der Waals surface area (Å²) in [5.74, 6) is 0.643. The first kappa shape index (κ1) is 33.1. The van der Waals surface area contributed by atoms with Crippen molar-refractivity contribution >= 4 is 11.5 Å². The number of aromatic nitrogens is 2. The summed E-state index contributed by atoms with van der Waals surface area (Å²) in [6.07, 6.45) is 7.07. The zero-order valence-electron chi connectivity index (χ0n) is 28.5. The molecule has 1 aromatic heterocycles. The third kappa shape index (κ3) is 5.28. The van der Waals surface area contributed by atoms with E-state index >= 15 is 0 Å². The van der Waals surface area contributed by atoms with Crippen LogP contribution in [0.15, 0.2) is 46.0 Å². The molecule has 250 valence electrons.